The van der Waals surface area contributed by atoms with Crippen LogP contribution in [0, 0.1) is 11.7 Å². The number of halogens is 1. The Morgan fingerprint density at radius 1 is 1.14 bits per heavy atom. The van der Waals surface area contributed by atoms with Gasteiger partial charge < -0.3 is 14.5 Å². The van der Waals surface area contributed by atoms with Gasteiger partial charge in [0, 0.05) is 32.1 Å². The van der Waals surface area contributed by atoms with Crippen LogP contribution >= 0.6 is 0 Å². The van der Waals surface area contributed by atoms with Crippen molar-refractivity contribution in [3.05, 3.63) is 35.6 Å². The predicted octanol–water partition coefficient (Wildman–Crippen LogP) is 1.91. The number of carbonyl (C=O) groups excluding carboxylic acids is 2. The first-order chi connectivity index (χ1) is 10.5. The van der Waals surface area contributed by atoms with E-state index < -0.39 is 0 Å². The standard InChI is InChI=1S/C16H21FN2O3/c1-12(11-13-3-5-14(17)6-4-13)15(20)18-7-9-19(10-8-18)16(21)22-2/h3-6,12H,7-11H2,1-2H3. The van der Waals surface area contributed by atoms with Crippen LogP contribution in [0.4, 0.5) is 9.18 Å². The molecule has 120 valence electrons. The molecule has 0 aromatic heterocycles. The summed E-state index contributed by atoms with van der Waals surface area (Å²) in [5.74, 6) is -0.384. The van der Waals surface area contributed by atoms with Crippen LogP contribution in [0.25, 0.3) is 0 Å². The highest BCUT2D eigenvalue weighted by atomic mass is 19.1. The number of hydrogen-bond donors (Lipinski definition) is 0. The molecular weight excluding hydrogens is 287 g/mol. The Hall–Kier alpha value is -2.11. The van der Waals surface area contributed by atoms with Gasteiger partial charge in [0.2, 0.25) is 5.91 Å². The van der Waals surface area contributed by atoms with Gasteiger partial charge in [-0.25, -0.2) is 9.18 Å². The Morgan fingerprint density at radius 2 is 1.68 bits per heavy atom. The summed E-state index contributed by atoms with van der Waals surface area (Å²) in [5.41, 5.74) is 0.940. The topological polar surface area (TPSA) is 49.9 Å². The van der Waals surface area contributed by atoms with E-state index in [2.05, 4.69) is 4.74 Å². The maximum atomic E-state index is 12.9. The lowest BCUT2D eigenvalue weighted by Crippen LogP contribution is -2.51. The largest absolute Gasteiger partial charge is 0.453 e. The van der Waals surface area contributed by atoms with E-state index in [-0.39, 0.29) is 23.7 Å². The third-order valence-electron chi connectivity index (χ3n) is 3.90. The summed E-state index contributed by atoms with van der Waals surface area (Å²) >= 11 is 0. The number of benzene rings is 1. The van der Waals surface area contributed by atoms with E-state index in [4.69, 9.17) is 0 Å². The number of carbonyl (C=O) groups is 2. The zero-order valence-electron chi connectivity index (χ0n) is 12.9. The first-order valence-corrected chi connectivity index (χ1v) is 7.37. The fourth-order valence-corrected chi connectivity index (χ4v) is 2.61. The van der Waals surface area contributed by atoms with Crippen molar-refractivity contribution < 1.29 is 18.7 Å². The Labute approximate surface area is 129 Å². The van der Waals surface area contributed by atoms with Gasteiger partial charge in [-0.3, -0.25) is 4.79 Å². The second-order valence-electron chi connectivity index (χ2n) is 5.51. The number of methoxy groups -OCH3 is 1. The first-order valence-electron chi connectivity index (χ1n) is 7.37. The van der Waals surface area contributed by atoms with Crippen molar-refractivity contribution in [2.24, 2.45) is 5.92 Å². The Balaban J connectivity index is 1.86. The highest BCUT2D eigenvalue weighted by Gasteiger charge is 2.27. The van der Waals surface area contributed by atoms with E-state index in [0.29, 0.717) is 32.6 Å². The first kappa shape index (κ1) is 16.3. The Kier molecular flexibility index (Phi) is 5.35. The molecule has 2 amide bonds. The summed E-state index contributed by atoms with van der Waals surface area (Å²) in [5, 5.41) is 0. The maximum Gasteiger partial charge on any atom is 0.409 e. The average molecular weight is 308 g/mol. The predicted molar refractivity (Wildman–Crippen MR) is 79.8 cm³/mol. The van der Waals surface area contributed by atoms with Crippen molar-refractivity contribution >= 4 is 12.0 Å². The summed E-state index contributed by atoms with van der Waals surface area (Å²) in [6, 6.07) is 6.21. The monoisotopic (exact) mass is 308 g/mol. The molecule has 1 aliphatic rings. The number of rotatable bonds is 3. The Morgan fingerprint density at radius 3 is 2.23 bits per heavy atom. The van der Waals surface area contributed by atoms with Crippen LogP contribution in [0.5, 0.6) is 0 Å². The van der Waals surface area contributed by atoms with Gasteiger partial charge in [-0.15, -0.1) is 0 Å². The van der Waals surface area contributed by atoms with Gasteiger partial charge in [-0.05, 0) is 24.1 Å². The zero-order chi connectivity index (χ0) is 16.1. The van der Waals surface area contributed by atoms with Gasteiger partial charge in [0.15, 0.2) is 0 Å². The lowest BCUT2D eigenvalue weighted by Gasteiger charge is -2.35. The fraction of sp³-hybridized carbons (Fsp3) is 0.500. The molecule has 0 N–H and O–H groups in total. The van der Waals surface area contributed by atoms with Crippen molar-refractivity contribution in [2.75, 3.05) is 33.3 Å². The summed E-state index contributed by atoms with van der Waals surface area (Å²) in [4.78, 5) is 27.2. The second kappa shape index (κ2) is 7.24. The van der Waals surface area contributed by atoms with Crippen LogP contribution < -0.4 is 0 Å². The third kappa shape index (κ3) is 3.96. The van der Waals surface area contributed by atoms with Gasteiger partial charge in [-0.1, -0.05) is 19.1 Å². The summed E-state index contributed by atoms with van der Waals surface area (Å²) in [6.07, 6.45) is 0.225. The molecule has 1 fully saturated rings. The van der Waals surface area contributed by atoms with Gasteiger partial charge in [0.25, 0.3) is 0 Å². The van der Waals surface area contributed by atoms with Gasteiger partial charge in [0.05, 0.1) is 7.11 Å². The zero-order valence-corrected chi connectivity index (χ0v) is 12.9. The lowest BCUT2D eigenvalue weighted by molar-refractivity contribution is -0.136. The van der Waals surface area contributed by atoms with E-state index in [1.807, 2.05) is 6.92 Å². The van der Waals surface area contributed by atoms with Crippen molar-refractivity contribution in [3.8, 4) is 0 Å². The van der Waals surface area contributed by atoms with Crippen molar-refractivity contribution in [3.63, 3.8) is 0 Å². The number of ether oxygens (including phenoxy) is 1. The molecule has 0 saturated carbocycles. The molecule has 1 saturated heterocycles. The number of piperazine rings is 1. The highest BCUT2D eigenvalue weighted by molar-refractivity contribution is 5.79. The molecule has 1 unspecified atom stereocenters. The van der Waals surface area contributed by atoms with Crippen molar-refractivity contribution in [2.45, 2.75) is 13.3 Å². The molecular formula is C16H21FN2O3. The molecule has 5 nitrogen and oxygen atoms in total. The van der Waals surface area contributed by atoms with Crippen LogP contribution in [0.15, 0.2) is 24.3 Å². The van der Waals surface area contributed by atoms with Crippen LogP contribution in [0.1, 0.15) is 12.5 Å². The summed E-state index contributed by atoms with van der Waals surface area (Å²) in [6.45, 7) is 3.88. The molecule has 2 rings (SSSR count). The fourth-order valence-electron chi connectivity index (χ4n) is 2.61. The maximum absolute atomic E-state index is 12.9. The third-order valence-corrected chi connectivity index (χ3v) is 3.90. The van der Waals surface area contributed by atoms with Crippen LogP contribution in [0.3, 0.4) is 0 Å². The summed E-state index contributed by atoms with van der Waals surface area (Å²) in [7, 11) is 1.35. The molecule has 0 spiro atoms. The summed E-state index contributed by atoms with van der Waals surface area (Å²) < 4.78 is 17.6. The van der Waals surface area contributed by atoms with E-state index in [1.54, 1.807) is 21.9 Å². The molecule has 1 atom stereocenters. The van der Waals surface area contributed by atoms with E-state index >= 15 is 0 Å². The number of amides is 2. The van der Waals surface area contributed by atoms with Crippen LogP contribution in [0.2, 0.25) is 0 Å². The van der Waals surface area contributed by atoms with Gasteiger partial charge >= 0.3 is 6.09 Å². The molecule has 6 heteroatoms. The lowest BCUT2D eigenvalue weighted by atomic mass is 9.99. The molecule has 1 heterocycles. The van der Waals surface area contributed by atoms with E-state index in [0.717, 1.165) is 5.56 Å². The van der Waals surface area contributed by atoms with Crippen molar-refractivity contribution in [1.82, 2.24) is 9.80 Å². The number of nitrogens with zero attached hydrogens (tertiary/aromatic N) is 2. The molecule has 0 radical (unpaired) electrons. The molecule has 22 heavy (non-hydrogen) atoms. The van der Waals surface area contributed by atoms with Crippen LogP contribution in [-0.2, 0) is 16.0 Å². The molecule has 1 aliphatic heterocycles. The average Bonchev–Trinajstić information content (AvgIpc) is 2.55. The normalized spacial score (nSPS) is 16.3. The second-order valence-corrected chi connectivity index (χ2v) is 5.51. The SMILES string of the molecule is COC(=O)N1CCN(C(=O)C(C)Cc2ccc(F)cc2)CC1. The van der Waals surface area contributed by atoms with Crippen LogP contribution in [-0.4, -0.2) is 55.1 Å². The minimum Gasteiger partial charge on any atom is -0.453 e. The minimum absolute atomic E-state index is 0.0637. The van der Waals surface area contributed by atoms with Gasteiger partial charge in [0.1, 0.15) is 5.82 Å². The quantitative estimate of drug-likeness (QED) is 0.857. The number of hydrogen-bond acceptors (Lipinski definition) is 3. The molecule has 1 aromatic carbocycles. The highest BCUT2D eigenvalue weighted by Crippen LogP contribution is 2.14. The van der Waals surface area contributed by atoms with E-state index in [9.17, 15) is 14.0 Å². The molecule has 0 bridgehead atoms. The molecule has 1 aromatic rings. The van der Waals surface area contributed by atoms with E-state index in [1.165, 1.54) is 19.2 Å². The van der Waals surface area contributed by atoms with Crippen molar-refractivity contribution in [1.29, 1.82) is 0 Å². The molecule has 0 aliphatic carbocycles. The van der Waals surface area contributed by atoms with Gasteiger partial charge in [-0.2, -0.15) is 0 Å². The smallest absolute Gasteiger partial charge is 0.409 e. The Bertz CT molecular complexity index is 525. The minimum atomic E-state index is -0.355.